The third kappa shape index (κ3) is 4.93. The number of pyridine rings is 1. The molecule has 12 heavy (non-hydrogen) atoms. The highest BCUT2D eigenvalue weighted by Crippen LogP contribution is 2.16. The van der Waals surface area contributed by atoms with Gasteiger partial charge in [0.05, 0.1) is 12.1 Å². The van der Waals surface area contributed by atoms with Crippen molar-refractivity contribution in [3.05, 3.63) is 28.5 Å². The van der Waals surface area contributed by atoms with Gasteiger partial charge in [0.1, 0.15) is 5.15 Å². The van der Waals surface area contributed by atoms with E-state index >= 15 is 0 Å². The zero-order valence-electron chi connectivity index (χ0n) is 6.33. The number of carbonyl (C=O) groups is 1. The van der Waals surface area contributed by atoms with Crippen molar-refractivity contribution >= 4 is 29.7 Å². The van der Waals surface area contributed by atoms with Crippen molar-refractivity contribution in [1.29, 1.82) is 0 Å². The monoisotopic (exact) mass is 207 g/mol. The first-order valence-corrected chi connectivity index (χ1v) is 3.70. The van der Waals surface area contributed by atoms with Gasteiger partial charge in [0, 0.05) is 6.20 Å². The topological polar surface area (TPSA) is 39.2 Å². The molecule has 0 saturated heterocycles. The molecular weight excluding hydrogens is 201 g/mol. The summed E-state index contributed by atoms with van der Waals surface area (Å²) >= 11 is 11.0. The standard InChI is InChI=1S/C5H3Cl2N.C2H4O2/c6-4-2-1-3-8-5(4)7;1-4-2-3/h1-3H;2H,1H3. The van der Waals surface area contributed by atoms with Crippen LogP contribution in [0.15, 0.2) is 18.3 Å². The molecular formula is C7H7Cl2NO2. The lowest BCUT2D eigenvalue weighted by molar-refractivity contribution is -0.126. The number of ether oxygens (including phenoxy) is 1. The van der Waals surface area contributed by atoms with Gasteiger partial charge in [0.2, 0.25) is 0 Å². The second kappa shape index (κ2) is 6.88. The van der Waals surface area contributed by atoms with Crippen molar-refractivity contribution in [1.82, 2.24) is 4.98 Å². The SMILES string of the molecule is COC=O.Clc1cccnc1Cl. The van der Waals surface area contributed by atoms with Crippen molar-refractivity contribution in [3.8, 4) is 0 Å². The van der Waals surface area contributed by atoms with Crippen molar-refractivity contribution in [2.24, 2.45) is 0 Å². The fraction of sp³-hybridized carbons (Fsp3) is 0.143. The Morgan fingerprint density at radius 1 is 1.58 bits per heavy atom. The molecule has 3 nitrogen and oxygen atoms in total. The van der Waals surface area contributed by atoms with Crippen LogP contribution in [0.1, 0.15) is 0 Å². The number of nitrogens with zero attached hydrogens (tertiary/aromatic N) is 1. The molecule has 0 aliphatic heterocycles. The molecule has 0 aliphatic rings. The molecule has 0 fully saturated rings. The van der Waals surface area contributed by atoms with Gasteiger partial charge in [-0.25, -0.2) is 4.98 Å². The Morgan fingerprint density at radius 3 is 2.42 bits per heavy atom. The molecule has 0 N–H and O–H groups in total. The summed E-state index contributed by atoms with van der Waals surface area (Å²) < 4.78 is 3.86. The van der Waals surface area contributed by atoms with Crippen LogP contribution in [-0.4, -0.2) is 18.6 Å². The van der Waals surface area contributed by atoms with Crippen LogP contribution in [0.5, 0.6) is 0 Å². The molecule has 0 bridgehead atoms. The van der Waals surface area contributed by atoms with E-state index in [1.54, 1.807) is 18.3 Å². The van der Waals surface area contributed by atoms with Gasteiger partial charge in [-0.1, -0.05) is 23.2 Å². The van der Waals surface area contributed by atoms with Crippen molar-refractivity contribution in [2.75, 3.05) is 7.11 Å². The maximum absolute atomic E-state index is 8.95. The molecule has 1 rings (SSSR count). The summed E-state index contributed by atoms with van der Waals surface area (Å²) in [6.07, 6.45) is 1.59. The van der Waals surface area contributed by atoms with Crippen LogP contribution in [0.4, 0.5) is 0 Å². The highest BCUT2D eigenvalue weighted by molar-refractivity contribution is 6.41. The van der Waals surface area contributed by atoms with Crippen LogP contribution in [0.3, 0.4) is 0 Å². The molecule has 0 amide bonds. The molecule has 0 atom stereocenters. The molecule has 0 spiro atoms. The molecule has 1 aromatic rings. The Hall–Kier alpha value is -0.800. The van der Waals surface area contributed by atoms with Gasteiger partial charge in [0.15, 0.2) is 0 Å². The first-order chi connectivity index (χ1) is 5.72. The Morgan fingerprint density at radius 2 is 2.17 bits per heavy atom. The average molecular weight is 208 g/mol. The van der Waals surface area contributed by atoms with E-state index in [0.29, 0.717) is 16.6 Å². The van der Waals surface area contributed by atoms with Crippen LogP contribution < -0.4 is 0 Å². The van der Waals surface area contributed by atoms with E-state index in [4.69, 9.17) is 28.0 Å². The van der Waals surface area contributed by atoms with E-state index in [-0.39, 0.29) is 0 Å². The van der Waals surface area contributed by atoms with Gasteiger partial charge in [-0.3, -0.25) is 4.79 Å². The zero-order valence-corrected chi connectivity index (χ0v) is 7.84. The summed E-state index contributed by atoms with van der Waals surface area (Å²) in [5, 5.41) is 0.850. The lowest BCUT2D eigenvalue weighted by Crippen LogP contribution is -1.70. The molecule has 0 aromatic carbocycles. The minimum atomic E-state index is 0.356. The van der Waals surface area contributed by atoms with E-state index in [1.165, 1.54) is 7.11 Å². The van der Waals surface area contributed by atoms with Crippen molar-refractivity contribution in [3.63, 3.8) is 0 Å². The van der Waals surface area contributed by atoms with E-state index < -0.39 is 0 Å². The molecule has 0 aliphatic carbocycles. The smallest absolute Gasteiger partial charge is 0.292 e. The van der Waals surface area contributed by atoms with Crippen molar-refractivity contribution in [2.45, 2.75) is 0 Å². The summed E-state index contributed by atoms with van der Waals surface area (Å²) in [6.45, 7) is 0.375. The van der Waals surface area contributed by atoms with Gasteiger partial charge in [-0.05, 0) is 12.1 Å². The minimum Gasteiger partial charge on any atom is -0.471 e. The number of hydrogen-bond donors (Lipinski definition) is 0. The molecule has 1 aromatic heterocycles. The van der Waals surface area contributed by atoms with Gasteiger partial charge in [-0.2, -0.15) is 0 Å². The van der Waals surface area contributed by atoms with E-state index in [9.17, 15) is 0 Å². The highest BCUT2D eigenvalue weighted by atomic mass is 35.5. The van der Waals surface area contributed by atoms with Crippen LogP contribution in [0.2, 0.25) is 10.2 Å². The van der Waals surface area contributed by atoms with Gasteiger partial charge in [0.25, 0.3) is 6.47 Å². The normalized spacial score (nSPS) is 7.92. The largest absolute Gasteiger partial charge is 0.471 e. The Balaban J connectivity index is 0.000000261. The van der Waals surface area contributed by atoms with Crippen LogP contribution in [-0.2, 0) is 9.53 Å². The van der Waals surface area contributed by atoms with E-state index in [1.807, 2.05) is 0 Å². The highest BCUT2D eigenvalue weighted by Gasteiger charge is 1.91. The summed E-state index contributed by atoms with van der Waals surface area (Å²) in [5.74, 6) is 0. The molecule has 5 heteroatoms. The predicted molar refractivity (Wildman–Crippen MR) is 47.3 cm³/mol. The van der Waals surface area contributed by atoms with E-state index in [0.717, 1.165) is 0 Å². The first-order valence-electron chi connectivity index (χ1n) is 2.94. The zero-order chi connectivity index (χ0) is 9.40. The lowest BCUT2D eigenvalue weighted by Gasteiger charge is -1.87. The second-order valence-electron chi connectivity index (χ2n) is 1.61. The quantitative estimate of drug-likeness (QED) is 0.524. The van der Waals surface area contributed by atoms with Crippen molar-refractivity contribution < 1.29 is 9.53 Å². The summed E-state index contributed by atoms with van der Waals surface area (Å²) in [5.41, 5.74) is 0. The lowest BCUT2D eigenvalue weighted by atomic mass is 10.5. The number of rotatable bonds is 1. The first kappa shape index (κ1) is 11.2. The maximum Gasteiger partial charge on any atom is 0.292 e. The predicted octanol–water partition coefficient (Wildman–Crippen LogP) is 2.18. The molecule has 0 unspecified atom stereocenters. The number of halogens is 2. The number of carbonyl (C=O) groups excluding carboxylic acids is 1. The Bertz CT molecular complexity index is 222. The molecule has 0 radical (unpaired) electrons. The minimum absolute atomic E-state index is 0.356. The fourth-order valence-corrected chi connectivity index (χ4v) is 0.607. The third-order valence-electron chi connectivity index (χ3n) is 0.810. The van der Waals surface area contributed by atoms with Crippen LogP contribution in [0.25, 0.3) is 0 Å². The van der Waals surface area contributed by atoms with Gasteiger partial charge in [-0.15, -0.1) is 0 Å². The summed E-state index contributed by atoms with van der Waals surface area (Å²) in [6, 6.07) is 3.42. The molecule has 66 valence electrons. The van der Waals surface area contributed by atoms with Crippen LogP contribution in [0, 0.1) is 0 Å². The Kier molecular flexibility index (Phi) is 6.42. The van der Waals surface area contributed by atoms with Gasteiger partial charge >= 0.3 is 0 Å². The molecule has 1 heterocycles. The fourth-order valence-electron chi connectivity index (χ4n) is 0.366. The van der Waals surface area contributed by atoms with E-state index in [2.05, 4.69) is 9.72 Å². The average Bonchev–Trinajstić information content (AvgIpc) is 2.11. The summed E-state index contributed by atoms with van der Waals surface area (Å²) in [4.78, 5) is 12.7. The third-order valence-corrected chi connectivity index (χ3v) is 1.51. The number of aromatic nitrogens is 1. The van der Waals surface area contributed by atoms with Gasteiger partial charge < -0.3 is 4.74 Å². The molecule has 0 saturated carbocycles. The maximum atomic E-state index is 8.95. The number of methoxy groups -OCH3 is 1. The number of hydrogen-bond acceptors (Lipinski definition) is 3. The Labute approximate surface area is 80.3 Å². The second-order valence-corrected chi connectivity index (χ2v) is 2.37. The summed E-state index contributed by atoms with van der Waals surface area (Å²) in [7, 11) is 1.31. The van der Waals surface area contributed by atoms with Crippen LogP contribution >= 0.6 is 23.2 Å².